The van der Waals surface area contributed by atoms with Crippen molar-refractivity contribution in [2.45, 2.75) is 6.92 Å². The van der Waals surface area contributed by atoms with E-state index in [9.17, 15) is 19.5 Å². The molecule has 0 aliphatic carbocycles. The Morgan fingerprint density at radius 1 is 1.23 bits per heavy atom. The first kappa shape index (κ1) is 19.6. The Kier molecular flexibility index (Phi) is 7.51. The van der Waals surface area contributed by atoms with Gasteiger partial charge in [-0.1, -0.05) is 6.58 Å². The van der Waals surface area contributed by atoms with Crippen molar-refractivity contribution in [2.75, 3.05) is 11.9 Å². The van der Waals surface area contributed by atoms with Crippen molar-refractivity contribution in [2.24, 2.45) is 0 Å². The van der Waals surface area contributed by atoms with Crippen molar-refractivity contribution in [3.05, 3.63) is 34.5 Å². The molecular formula is C13H11I3N2O4. The molecule has 2 amide bonds. The molecule has 0 fully saturated rings. The van der Waals surface area contributed by atoms with Crippen LogP contribution in [-0.4, -0.2) is 29.4 Å². The summed E-state index contributed by atoms with van der Waals surface area (Å²) in [6, 6.07) is 1.68. The van der Waals surface area contributed by atoms with Gasteiger partial charge in [0.1, 0.15) is 0 Å². The zero-order valence-electron chi connectivity index (χ0n) is 11.3. The van der Waals surface area contributed by atoms with E-state index in [1.54, 1.807) is 6.07 Å². The van der Waals surface area contributed by atoms with Crippen molar-refractivity contribution < 1.29 is 19.5 Å². The van der Waals surface area contributed by atoms with Gasteiger partial charge in [0.25, 0.3) is 0 Å². The molecule has 1 aromatic rings. The molecular weight excluding hydrogens is 629 g/mol. The molecule has 0 saturated carbocycles. The van der Waals surface area contributed by atoms with Gasteiger partial charge in [0, 0.05) is 12.7 Å². The second-order valence-electron chi connectivity index (χ2n) is 4.22. The molecule has 1 aromatic carbocycles. The third kappa shape index (κ3) is 5.04. The number of benzene rings is 1. The molecule has 0 bridgehead atoms. The zero-order chi connectivity index (χ0) is 17.0. The van der Waals surface area contributed by atoms with E-state index >= 15 is 0 Å². The van der Waals surface area contributed by atoms with Gasteiger partial charge in [0.2, 0.25) is 11.8 Å². The van der Waals surface area contributed by atoms with Gasteiger partial charge in [-0.05, 0) is 80.8 Å². The molecule has 6 nitrogen and oxygen atoms in total. The van der Waals surface area contributed by atoms with Gasteiger partial charge in [0.15, 0.2) is 0 Å². The summed E-state index contributed by atoms with van der Waals surface area (Å²) < 4.78 is 1.75. The number of amides is 2. The predicted octanol–water partition coefficient (Wildman–Crippen LogP) is 2.83. The van der Waals surface area contributed by atoms with Crippen LogP contribution >= 0.6 is 67.8 Å². The first-order valence-corrected chi connectivity index (χ1v) is 9.03. The van der Waals surface area contributed by atoms with E-state index in [2.05, 4.69) is 17.2 Å². The Labute approximate surface area is 167 Å². The van der Waals surface area contributed by atoms with Crippen LogP contribution in [0.2, 0.25) is 0 Å². The van der Waals surface area contributed by atoms with Crippen molar-refractivity contribution in [3.63, 3.8) is 0 Å². The third-order valence-corrected chi connectivity index (χ3v) is 5.23. The van der Waals surface area contributed by atoms with Crippen molar-refractivity contribution in [1.29, 1.82) is 0 Å². The molecule has 0 atom stereocenters. The molecule has 22 heavy (non-hydrogen) atoms. The summed E-state index contributed by atoms with van der Waals surface area (Å²) in [5.41, 5.74) is 0.871. The van der Waals surface area contributed by atoms with Crippen molar-refractivity contribution in [1.82, 2.24) is 5.32 Å². The zero-order valence-corrected chi connectivity index (χ0v) is 17.8. The van der Waals surface area contributed by atoms with Crippen LogP contribution < -0.4 is 10.6 Å². The lowest BCUT2D eigenvalue weighted by Crippen LogP contribution is -2.33. The number of hydrogen-bond donors (Lipinski definition) is 3. The van der Waals surface area contributed by atoms with E-state index < -0.39 is 17.8 Å². The van der Waals surface area contributed by atoms with Gasteiger partial charge in [-0.2, -0.15) is 0 Å². The number of rotatable bonds is 5. The smallest absolute Gasteiger partial charge is 0.337 e. The summed E-state index contributed by atoms with van der Waals surface area (Å²) in [5, 5.41) is 14.3. The molecule has 3 N–H and O–H groups in total. The van der Waals surface area contributed by atoms with E-state index in [0.29, 0.717) is 18.4 Å². The second-order valence-corrected chi connectivity index (χ2v) is 7.62. The van der Waals surface area contributed by atoms with Crippen molar-refractivity contribution >= 4 is 91.2 Å². The summed E-state index contributed by atoms with van der Waals surface area (Å²) in [4.78, 5) is 34.5. The van der Waals surface area contributed by atoms with Crippen LogP contribution in [0.4, 0.5) is 5.69 Å². The number of hydrogen-bond acceptors (Lipinski definition) is 3. The average Bonchev–Trinajstić information content (AvgIpc) is 2.39. The van der Waals surface area contributed by atoms with Crippen LogP contribution in [0.15, 0.2) is 18.2 Å². The largest absolute Gasteiger partial charge is 0.478 e. The number of anilines is 1. The Balaban J connectivity index is 2.96. The molecule has 0 aromatic heterocycles. The lowest BCUT2D eigenvalue weighted by Gasteiger charge is -2.13. The minimum absolute atomic E-state index is 0.142. The van der Waals surface area contributed by atoms with Crippen LogP contribution in [0.1, 0.15) is 17.3 Å². The Morgan fingerprint density at radius 3 is 2.32 bits per heavy atom. The molecule has 0 aliphatic heterocycles. The van der Waals surface area contributed by atoms with Crippen molar-refractivity contribution in [3.8, 4) is 0 Å². The quantitative estimate of drug-likeness (QED) is 0.341. The number of halogens is 3. The molecule has 0 aliphatic rings. The van der Waals surface area contributed by atoms with Gasteiger partial charge < -0.3 is 15.7 Å². The standard InChI is InChI=1S/C13H11I3N2O4/c1-5(2)12(20)17-4-8(19)18-11-7(15)3-6(14)9(10(11)16)13(21)22/h3H,1,4H2,2H3,(H,17,20)(H,18,19)(H,21,22). The molecule has 9 heteroatoms. The third-order valence-electron chi connectivity index (χ3n) is 2.45. The highest BCUT2D eigenvalue weighted by atomic mass is 127. The Bertz CT molecular complexity index is 674. The SMILES string of the molecule is C=C(C)C(=O)NCC(=O)Nc1c(I)cc(I)c(C(=O)O)c1I. The van der Waals surface area contributed by atoms with Crippen LogP contribution in [0.25, 0.3) is 0 Å². The number of carbonyl (C=O) groups is 3. The first-order valence-electron chi connectivity index (χ1n) is 5.79. The predicted molar refractivity (Wildman–Crippen MR) is 108 cm³/mol. The van der Waals surface area contributed by atoms with Crippen LogP contribution in [0.3, 0.4) is 0 Å². The number of nitrogens with one attached hydrogen (secondary N) is 2. The molecule has 0 spiro atoms. The Morgan fingerprint density at radius 2 is 1.82 bits per heavy atom. The molecule has 0 radical (unpaired) electrons. The fraction of sp³-hybridized carbons (Fsp3) is 0.154. The van der Waals surface area contributed by atoms with Gasteiger partial charge in [0.05, 0.1) is 21.4 Å². The maximum absolute atomic E-state index is 11.9. The molecule has 0 heterocycles. The molecule has 1 rings (SSSR count). The monoisotopic (exact) mass is 640 g/mol. The fourth-order valence-electron chi connectivity index (χ4n) is 1.40. The van der Waals surface area contributed by atoms with Gasteiger partial charge >= 0.3 is 5.97 Å². The van der Waals surface area contributed by atoms with Gasteiger partial charge in [-0.25, -0.2) is 4.79 Å². The van der Waals surface area contributed by atoms with E-state index in [1.807, 2.05) is 67.8 Å². The summed E-state index contributed by atoms with van der Waals surface area (Å²) in [6.07, 6.45) is 0. The normalized spacial score (nSPS) is 10.0. The second kappa shape index (κ2) is 8.42. The highest BCUT2D eigenvalue weighted by Crippen LogP contribution is 2.31. The maximum atomic E-state index is 11.9. The lowest BCUT2D eigenvalue weighted by atomic mass is 10.2. The number of carboxylic acids is 1. The first-order chi connectivity index (χ1) is 10.1. The summed E-state index contributed by atoms with van der Waals surface area (Å²) >= 11 is 5.85. The highest BCUT2D eigenvalue weighted by molar-refractivity contribution is 14.1. The van der Waals surface area contributed by atoms with E-state index in [1.165, 1.54) is 6.92 Å². The summed E-state index contributed by atoms with van der Waals surface area (Å²) in [6.45, 7) is 4.80. The number of carboxylic acid groups (broad SMARTS) is 1. The number of carbonyl (C=O) groups excluding carboxylic acids is 2. The topological polar surface area (TPSA) is 95.5 Å². The molecule has 0 saturated heterocycles. The van der Waals surface area contributed by atoms with Gasteiger partial charge in [-0.3, -0.25) is 9.59 Å². The van der Waals surface area contributed by atoms with Gasteiger partial charge in [-0.15, -0.1) is 0 Å². The highest BCUT2D eigenvalue weighted by Gasteiger charge is 2.20. The summed E-state index contributed by atoms with van der Waals surface area (Å²) in [7, 11) is 0. The minimum Gasteiger partial charge on any atom is -0.478 e. The average molecular weight is 640 g/mol. The van der Waals surface area contributed by atoms with Crippen LogP contribution in [0, 0.1) is 10.7 Å². The minimum atomic E-state index is -1.06. The summed E-state index contributed by atoms with van der Waals surface area (Å²) in [5.74, 6) is -1.91. The lowest BCUT2D eigenvalue weighted by molar-refractivity contribution is -0.121. The Hall–Kier alpha value is -0.440. The van der Waals surface area contributed by atoms with Crippen LogP contribution in [-0.2, 0) is 9.59 Å². The number of aromatic carboxylic acids is 1. The van der Waals surface area contributed by atoms with E-state index in [4.69, 9.17) is 0 Å². The molecule has 0 unspecified atom stereocenters. The van der Waals surface area contributed by atoms with E-state index in [-0.39, 0.29) is 12.1 Å². The molecule has 118 valence electrons. The van der Waals surface area contributed by atoms with Crippen LogP contribution in [0.5, 0.6) is 0 Å². The fourth-order valence-corrected chi connectivity index (χ4v) is 5.50. The van der Waals surface area contributed by atoms with E-state index in [0.717, 1.165) is 3.57 Å². The maximum Gasteiger partial charge on any atom is 0.337 e.